The predicted molar refractivity (Wildman–Crippen MR) is 106 cm³/mol. The van der Waals surface area contributed by atoms with Crippen LogP contribution in [0.3, 0.4) is 0 Å². The first-order chi connectivity index (χ1) is 12.7. The van der Waals surface area contributed by atoms with Crippen molar-refractivity contribution in [1.82, 2.24) is 0 Å². The van der Waals surface area contributed by atoms with Crippen molar-refractivity contribution in [3.05, 3.63) is 23.8 Å². The van der Waals surface area contributed by atoms with Crippen LogP contribution in [-0.4, -0.2) is 33.9 Å². The van der Waals surface area contributed by atoms with E-state index in [1.165, 1.54) is 5.57 Å². The molecule has 0 aromatic carbocycles. The molecule has 4 heteroatoms. The third-order valence-corrected chi connectivity index (χ3v) is 8.65. The van der Waals surface area contributed by atoms with E-state index in [4.69, 9.17) is 5.41 Å². The van der Waals surface area contributed by atoms with Crippen molar-refractivity contribution in [3.8, 4) is 0 Å². The van der Waals surface area contributed by atoms with Crippen LogP contribution in [0, 0.1) is 39.9 Å². The lowest BCUT2D eigenvalue weighted by molar-refractivity contribution is -0.142. The van der Waals surface area contributed by atoms with Gasteiger partial charge in [-0.1, -0.05) is 25.5 Å². The number of rotatable bonds is 2. The van der Waals surface area contributed by atoms with E-state index in [1.807, 2.05) is 25.2 Å². The van der Waals surface area contributed by atoms with E-state index in [0.29, 0.717) is 24.7 Å². The van der Waals surface area contributed by atoms with Gasteiger partial charge in [-0.3, -0.25) is 4.79 Å². The number of nitrogens with one attached hydrogen (secondary N) is 1. The van der Waals surface area contributed by atoms with E-state index in [0.717, 1.165) is 31.4 Å². The van der Waals surface area contributed by atoms with Crippen LogP contribution in [0.25, 0.3) is 0 Å². The Bertz CT molecular complexity index is 725. The van der Waals surface area contributed by atoms with Gasteiger partial charge in [-0.15, -0.1) is 0 Å². The van der Waals surface area contributed by atoms with Gasteiger partial charge in [0, 0.05) is 17.5 Å². The first-order valence-electron chi connectivity index (χ1n) is 10.5. The number of hydrogen-bond donors (Lipinski definition) is 3. The number of carbonyl (C=O) groups excluding carboxylic acids is 1. The van der Waals surface area contributed by atoms with Crippen LogP contribution in [0.2, 0.25) is 0 Å². The van der Waals surface area contributed by atoms with Crippen LogP contribution in [0.4, 0.5) is 0 Å². The summed E-state index contributed by atoms with van der Waals surface area (Å²) >= 11 is 0. The van der Waals surface area contributed by atoms with Crippen molar-refractivity contribution in [2.75, 3.05) is 0 Å². The van der Waals surface area contributed by atoms with Crippen LogP contribution >= 0.6 is 0 Å². The Hall–Kier alpha value is -1.26. The minimum absolute atomic E-state index is 0.0508. The lowest BCUT2D eigenvalue weighted by Crippen LogP contribution is -2.55. The van der Waals surface area contributed by atoms with Crippen molar-refractivity contribution in [2.24, 2.45) is 34.5 Å². The Morgan fingerprint density at radius 3 is 2.52 bits per heavy atom. The standard InChI is InChI=1S/C23H33NO3/c1-4-5-18(24)16-7-6-14-13-10-19(25)17-11-20(26)21(27)12-23(17,3)15(13)8-9-22(14,16)2/h4-5,10,14-17,20-21,24,26-27H,6-9,11-12H2,1-3H3/b5-4+,24-18?. The maximum Gasteiger partial charge on any atom is 0.159 e. The number of aliphatic hydroxyl groups is 2. The highest BCUT2D eigenvalue weighted by atomic mass is 16.3. The molecule has 4 nitrogen and oxygen atoms in total. The van der Waals surface area contributed by atoms with Crippen molar-refractivity contribution in [3.63, 3.8) is 0 Å². The summed E-state index contributed by atoms with van der Waals surface area (Å²) in [5.41, 5.74) is 1.81. The zero-order valence-corrected chi connectivity index (χ0v) is 16.7. The molecular weight excluding hydrogens is 338 g/mol. The molecule has 0 amide bonds. The van der Waals surface area contributed by atoms with E-state index in [2.05, 4.69) is 13.8 Å². The quantitative estimate of drug-likeness (QED) is 0.648. The molecule has 148 valence electrons. The topological polar surface area (TPSA) is 81.4 Å². The molecular formula is C23H33NO3. The Labute approximate surface area is 162 Å². The minimum Gasteiger partial charge on any atom is -0.390 e. The van der Waals surface area contributed by atoms with Gasteiger partial charge in [-0.2, -0.15) is 0 Å². The summed E-state index contributed by atoms with van der Waals surface area (Å²) in [6.07, 6.45) is 9.31. The molecule has 0 aromatic rings. The lowest BCUT2D eigenvalue weighted by Gasteiger charge is -2.57. The summed E-state index contributed by atoms with van der Waals surface area (Å²) in [6, 6.07) is 0. The smallest absolute Gasteiger partial charge is 0.159 e. The fourth-order valence-electron chi connectivity index (χ4n) is 7.20. The van der Waals surface area contributed by atoms with Crippen LogP contribution in [0.5, 0.6) is 0 Å². The number of carbonyl (C=O) groups is 1. The van der Waals surface area contributed by atoms with E-state index < -0.39 is 12.2 Å². The Morgan fingerprint density at radius 2 is 1.81 bits per heavy atom. The van der Waals surface area contributed by atoms with Gasteiger partial charge in [0.1, 0.15) is 0 Å². The number of fused-ring (bicyclic) bond motifs is 5. The Balaban J connectivity index is 1.70. The fourth-order valence-corrected chi connectivity index (χ4v) is 7.20. The maximum absolute atomic E-state index is 13.0. The number of ketones is 1. The van der Waals surface area contributed by atoms with Crippen LogP contribution in [-0.2, 0) is 4.79 Å². The monoisotopic (exact) mass is 371 g/mol. The number of aliphatic hydroxyl groups excluding tert-OH is 2. The largest absolute Gasteiger partial charge is 0.390 e. The molecule has 0 spiro atoms. The normalized spacial score (nSPS) is 49.4. The molecule has 3 saturated carbocycles. The molecule has 8 unspecified atom stereocenters. The Morgan fingerprint density at radius 1 is 1.11 bits per heavy atom. The summed E-state index contributed by atoms with van der Waals surface area (Å²) in [7, 11) is 0. The summed E-state index contributed by atoms with van der Waals surface area (Å²) in [5.74, 6) is 0.908. The molecule has 27 heavy (non-hydrogen) atoms. The van der Waals surface area contributed by atoms with E-state index >= 15 is 0 Å². The molecule has 8 atom stereocenters. The first-order valence-corrected chi connectivity index (χ1v) is 10.5. The SMILES string of the molecule is C/C=C/C(=N)C1CCC2C3=CC(=O)C4CC(O)C(O)CC4(C)C3CCC12C. The molecule has 0 radical (unpaired) electrons. The van der Waals surface area contributed by atoms with Crippen molar-refractivity contribution in [1.29, 1.82) is 5.41 Å². The summed E-state index contributed by atoms with van der Waals surface area (Å²) in [4.78, 5) is 13.0. The van der Waals surface area contributed by atoms with Gasteiger partial charge in [0.2, 0.25) is 0 Å². The number of hydrogen-bond acceptors (Lipinski definition) is 4. The average Bonchev–Trinajstić information content (AvgIpc) is 2.95. The highest BCUT2D eigenvalue weighted by Gasteiger charge is 2.60. The predicted octanol–water partition coefficient (Wildman–Crippen LogP) is 3.67. The van der Waals surface area contributed by atoms with Crippen molar-refractivity contribution >= 4 is 11.5 Å². The third kappa shape index (κ3) is 2.63. The van der Waals surface area contributed by atoms with Gasteiger partial charge in [0.15, 0.2) is 5.78 Å². The van der Waals surface area contributed by atoms with Crippen LogP contribution < -0.4 is 0 Å². The van der Waals surface area contributed by atoms with Crippen molar-refractivity contribution < 1.29 is 15.0 Å². The van der Waals surface area contributed by atoms with Crippen molar-refractivity contribution in [2.45, 2.75) is 71.5 Å². The first kappa shape index (κ1) is 19.1. The second-order valence-electron chi connectivity index (χ2n) is 9.91. The van der Waals surface area contributed by atoms with E-state index in [1.54, 1.807) is 0 Å². The van der Waals surface area contributed by atoms with Gasteiger partial charge in [-0.05, 0) is 80.3 Å². The van der Waals surface area contributed by atoms with E-state index in [9.17, 15) is 15.0 Å². The Kier molecular flexibility index (Phi) is 4.51. The summed E-state index contributed by atoms with van der Waals surface area (Å²) in [6.45, 7) is 6.45. The third-order valence-electron chi connectivity index (χ3n) is 8.65. The van der Waals surface area contributed by atoms with Gasteiger partial charge < -0.3 is 15.6 Å². The molecule has 4 aliphatic rings. The maximum atomic E-state index is 13.0. The van der Waals surface area contributed by atoms with Gasteiger partial charge >= 0.3 is 0 Å². The zero-order valence-electron chi connectivity index (χ0n) is 16.7. The van der Waals surface area contributed by atoms with Gasteiger partial charge in [0.05, 0.1) is 12.2 Å². The van der Waals surface area contributed by atoms with Crippen LogP contribution in [0.1, 0.15) is 59.3 Å². The minimum atomic E-state index is -0.784. The van der Waals surface area contributed by atoms with Crippen LogP contribution in [0.15, 0.2) is 23.8 Å². The van der Waals surface area contributed by atoms with Gasteiger partial charge in [0.25, 0.3) is 0 Å². The molecule has 0 aromatic heterocycles. The molecule has 0 bridgehead atoms. The summed E-state index contributed by atoms with van der Waals surface area (Å²) < 4.78 is 0. The molecule has 3 fully saturated rings. The lowest BCUT2D eigenvalue weighted by atomic mass is 9.47. The number of allylic oxidation sites excluding steroid dienone is 4. The summed E-state index contributed by atoms with van der Waals surface area (Å²) in [5, 5.41) is 29.0. The molecule has 3 N–H and O–H groups in total. The molecule has 4 aliphatic carbocycles. The molecule has 0 heterocycles. The second kappa shape index (κ2) is 6.38. The van der Waals surface area contributed by atoms with E-state index in [-0.39, 0.29) is 28.4 Å². The molecule has 4 rings (SSSR count). The molecule has 0 saturated heterocycles. The van der Waals surface area contributed by atoms with Gasteiger partial charge in [-0.25, -0.2) is 0 Å². The molecule has 0 aliphatic heterocycles. The fraction of sp³-hybridized carbons (Fsp3) is 0.739. The highest BCUT2D eigenvalue weighted by molar-refractivity contribution is 5.96. The second-order valence-corrected chi connectivity index (χ2v) is 9.91. The highest BCUT2D eigenvalue weighted by Crippen LogP contribution is 2.65. The zero-order chi connectivity index (χ0) is 19.6. The average molecular weight is 372 g/mol.